The summed E-state index contributed by atoms with van der Waals surface area (Å²) in [5.74, 6) is -0.893. The molecule has 0 aliphatic rings. The van der Waals surface area contributed by atoms with Crippen molar-refractivity contribution in [2.45, 2.75) is 6.10 Å². The maximum atomic E-state index is 9.94. The van der Waals surface area contributed by atoms with Gasteiger partial charge in [0.05, 0.1) is 6.10 Å². The van der Waals surface area contributed by atoms with E-state index in [1.54, 1.807) is 0 Å². The zero-order valence-electron chi connectivity index (χ0n) is 6.49. The number of aliphatic hydroxyl groups excluding tert-OH is 1. The predicted molar refractivity (Wildman–Crippen MR) is 34.3 cm³/mol. The van der Waals surface area contributed by atoms with Crippen molar-refractivity contribution < 1.29 is 49.1 Å². The molecule has 0 aromatic heterocycles. The number of halogens is 1. The van der Waals surface area contributed by atoms with E-state index in [9.17, 15) is 8.42 Å². The van der Waals surface area contributed by atoms with Gasteiger partial charge in [0.1, 0.15) is 5.75 Å². The Morgan fingerprint density at radius 2 is 2.00 bits per heavy atom. The van der Waals surface area contributed by atoms with Crippen molar-refractivity contribution in [2.75, 3.05) is 11.6 Å². The summed E-state index contributed by atoms with van der Waals surface area (Å²) in [6, 6.07) is 0. The molecule has 0 aliphatic carbocycles. The standard InChI is InChI=1S/C3H7ClO4S.Na.H/c4-1-3(5)2-9(6,7)8;;/h3,5H,1-2H2,(H,6,7,8);;/q;+1;-1. The minimum Gasteiger partial charge on any atom is -1.00 e. The van der Waals surface area contributed by atoms with E-state index >= 15 is 0 Å². The Morgan fingerprint density at radius 1 is 1.60 bits per heavy atom. The number of alkyl halides is 1. The summed E-state index contributed by atoms with van der Waals surface area (Å²) in [4.78, 5) is 0. The molecule has 0 amide bonds. The first-order valence-corrected chi connectivity index (χ1v) is 4.29. The van der Waals surface area contributed by atoms with Crippen molar-refractivity contribution in [1.82, 2.24) is 0 Å². The van der Waals surface area contributed by atoms with Crippen LogP contribution in [0.3, 0.4) is 0 Å². The molecule has 0 spiro atoms. The first-order valence-electron chi connectivity index (χ1n) is 2.15. The van der Waals surface area contributed by atoms with Crippen LogP contribution in [0.2, 0.25) is 0 Å². The summed E-state index contributed by atoms with van der Waals surface area (Å²) in [6.07, 6.45) is -1.18. The van der Waals surface area contributed by atoms with Gasteiger partial charge in [-0.3, -0.25) is 4.55 Å². The third-order valence-electron chi connectivity index (χ3n) is 0.581. The molecule has 0 rings (SSSR count). The van der Waals surface area contributed by atoms with Crippen LogP contribution in [0.4, 0.5) is 0 Å². The smallest absolute Gasteiger partial charge is 1.00 e. The molecule has 0 heterocycles. The normalized spacial score (nSPS) is 13.9. The second-order valence-electron chi connectivity index (χ2n) is 1.56. The third-order valence-corrected chi connectivity index (χ3v) is 1.74. The van der Waals surface area contributed by atoms with Crippen molar-refractivity contribution in [3.63, 3.8) is 0 Å². The second-order valence-corrected chi connectivity index (χ2v) is 3.36. The van der Waals surface area contributed by atoms with Crippen LogP contribution >= 0.6 is 11.6 Å². The topological polar surface area (TPSA) is 74.6 Å². The van der Waals surface area contributed by atoms with E-state index in [-0.39, 0.29) is 36.9 Å². The Bertz CT molecular complexity index is 172. The van der Waals surface area contributed by atoms with Crippen LogP contribution in [0.15, 0.2) is 0 Å². The summed E-state index contributed by atoms with van der Waals surface area (Å²) < 4.78 is 27.9. The van der Waals surface area contributed by atoms with Crippen LogP contribution < -0.4 is 29.6 Å². The SMILES string of the molecule is O=S(=O)(O)CC(O)CCl.[H-].[Na+]. The van der Waals surface area contributed by atoms with E-state index in [1.807, 2.05) is 0 Å². The summed E-state index contributed by atoms with van der Waals surface area (Å²) in [6.45, 7) is 0. The van der Waals surface area contributed by atoms with Gasteiger partial charge in [-0.25, -0.2) is 0 Å². The first kappa shape index (κ1) is 13.7. The predicted octanol–water partition coefficient (Wildman–Crippen LogP) is -3.41. The molecule has 1 atom stereocenters. The maximum absolute atomic E-state index is 9.94. The van der Waals surface area contributed by atoms with E-state index < -0.39 is 22.0 Å². The van der Waals surface area contributed by atoms with E-state index in [4.69, 9.17) is 21.3 Å². The van der Waals surface area contributed by atoms with Gasteiger partial charge in [-0.15, -0.1) is 11.6 Å². The molecule has 1 unspecified atom stereocenters. The van der Waals surface area contributed by atoms with Crippen LogP contribution in [0, 0.1) is 0 Å². The fourth-order valence-electron chi connectivity index (χ4n) is 0.288. The molecule has 2 N–H and O–H groups in total. The van der Waals surface area contributed by atoms with Gasteiger partial charge < -0.3 is 6.53 Å². The first-order chi connectivity index (χ1) is 3.95. The van der Waals surface area contributed by atoms with Gasteiger partial charge in [0, 0.05) is 5.88 Å². The summed E-state index contributed by atoms with van der Waals surface area (Å²) in [5.41, 5.74) is 0. The molecule has 7 heteroatoms. The van der Waals surface area contributed by atoms with Gasteiger partial charge in [0.2, 0.25) is 0 Å². The number of aliphatic hydroxyl groups is 1. The van der Waals surface area contributed by atoms with Gasteiger partial charge in [0.25, 0.3) is 10.1 Å². The zero-order chi connectivity index (χ0) is 7.49. The van der Waals surface area contributed by atoms with Crippen LogP contribution in [0.25, 0.3) is 0 Å². The van der Waals surface area contributed by atoms with Gasteiger partial charge in [-0.2, -0.15) is 8.42 Å². The molecule has 0 radical (unpaired) electrons. The molecule has 4 nitrogen and oxygen atoms in total. The van der Waals surface area contributed by atoms with E-state index in [0.717, 1.165) is 0 Å². The fourth-order valence-corrected chi connectivity index (χ4v) is 1.13. The molecule has 58 valence electrons. The second kappa shape index (κ2) is 5.77. The number of hydrogen-bond donors (Lipinski definition) is 2. The molecule has 0 fully saturated rings. The quantitative estimate of drug-likeness (QED) is 0.282. The van der Waals surface area contributed by atoms with Crippen molar-refractivity contribution in [1.29, 1.82) is 0 Å². The summed E-state index contributed by atoms with van der Waals surface area (Å²) in [7, 11) is -4.07. The Kier molecular flexibility index (Phi) is 7.92. The van der Waals surface area contributed by atoms with Crippen molar-refractivity contribution in [2.24, 2.45) is 0 Å². The van der Waals surface area contributed by atoms with E-state index in [2.05, 4.69) is 0 Å². The van der Waals surface area contributed by atoms with Gasteiger partial charge in [-0.1, -0.05) is 0 Å². The minimum atomic E-state index is -4.07. The van der Waals surface area contributed by atoms with Crippen LogP contribution in [-0.4, -0.2) is 35.8 Å². The largest absolute Gasteiger partial charge is 1.00 e. The van der Waals surface area contributed by atoms with Crippen LogP contribution in [0.5, 0.6) is 0 Å². The molecular weight excluding hydrogens is 191 g/mol. The Morgan fingerprint density at radius 3 is 2.10 bits per heavy atom. The average Bonchev–Trinajstić information content (AvgIpc) is 1.62. The average molecular weight is 199 g/mol. The molecule has 0 aliphatic heterocycles. The Hall–Kier alpha value is 1.16. The minimum absolute atomic E-state index is 0. The van der Waals surface area contributed by atoms with Crippen molar-refractivity contribution in [3.05, 3.63) is 0 Å². The number of rotatable bonds is 3. The van der Waals surface area contributed by atoms with Crippen LogP contribution in [0.1, 0.15) is 1.43 Å². The fraction of sp³-hybridized carbons (Fsp3) is 1.00. The summed E-state index contributed by atoms with van der Waals surface area (Å²) >= 11 is 5.03. The third kappa shape index (κ3) is 9.16. The number of hydrogen-bond acceptors (Lipinski definition) is 3. The maximum Gasteiger partial charge on any atom is 1.00 e. The van der Waals surface area contributed by atoms with Gasteiger partial charge >= 0.3 is 29.6 Å². The molecule has 0 saturated heterocycles. The molecule has 0 aromatic rings. The van der Waals surface area contributed by atoms with Gasteiger partial charge in [-0.05, 0) is 0 Å². The van der Waals surface area contributed by atoms with E-state index in [1.165, 1.54) is 0 Å². The Balaban J connectivity index is -0.000000320. The monoisotopic (exact) mass is 198 g/mol. The molecule has 0 saturated carbocycles. The van der Waals surface area contributed by atoms with Crippen molar-refractivity contribution >= 4 is 21.7 Å². The van der Waals surface area contributed by atoms with E-state index in [0.29, 0.717) is 0 Å². The van der Waals surface area contributed by atoms with Crippen LogP contribution in [-0.2, 0) is 10.1 Å². The summed E-state index contributed by atoms with van der Waals surface area (Å²) in [5, 5.41) is 8.52. The molecule has 0 bridgehead atoms. The molecular formula is C3H8ClNaO4S. The molecule has 10 heavy (non-hydrogen) atoms. The van der Waals surface area contributed by atoms with Crippen molar-refractivity contribution in [3.8, 4) is 0 Å². The zero-order valence-corrected chi connectivity index (χ0v) is 9.06. The molecule has 0 aromatic carbocycles. The Labute approximate surface area is 88.1 Å². The van der Waals surface area contributed by atoms with Gasteiger partial charge in [0.15, 0.2) is 0 Å².